The molecule has 2 heterocycles. The second kappa shape index (κ2) is 9.54. The predicted octanol–water partition coefficient (Wildman–Crippen LogP) is 4.53. The lowest BCUT2D eigenvalue weighted by Gasteiger charge is -2.34. The van der Waals surface area contributed by atoms with E-state index in [0.717, 1.165) is 48.8 Å². The molecule has 1 fully saturated rings. The molecule has 0 atom stereocenters. The molecule has 0 spiro atoms. The van der Waals surface area contributed by atoms with E-state index in [1.54, 1.807) is 7.11 Å². The Balaban J connectivity index is 1.46. The zero-order valence-electron chi connectivity index (χ0n) is 18.2. The van der Waals surface area contributed by atoms with Crippen LogP contribution in [0.25, 0.3) is 0 Å². The average Bonchev–Trinajstić information content (AvgIpc) is 2.76. The van der Waals surface area contributed by atoms with Crippen molar-refractivity contribution in [2.45, 2.75) is 13.3 Å². The molecule has 0 amide bonds. The second-order valence-electron chi connectivity index (χ2n) is 7.93. The van der Waals surface area contributed by atoms with Crippen molar-refractivity contribution >= 4 is 28.9 Å². The highest BCUT2D eigenvalue weighted by molar-refractivity contribution is 6.32. The Hall–Kier alpha value is -2.83. The molecule has 4 rings (SSSR count). The minimum absolute atomic E-state index is 0.600. The molecule has 1 saturated heterocycles. The summed E-state index contributed by atoms with van der Waals surface area (Å²) in [6, 6.07) is 16.3. The van der Waals surface area contributed by atoms with Crippen molar-refractivity contribution in [2.24, 2.45) is 0 Å². The Morgan fingerprint density at radius 2 is 1.74 bits per heavy atom. The molecule has 6 nitrogen and oxygen atoms in total. The van der Waals surface area contributed by atoms with Gasteiger partial charge in [-0.3, -0.25) is 0 Å². The number of benzene rings is 2. The number of anilines is 3. The highest BCUT2D eigenvalue weighted by Gasteiger charge is 2.14. The van der Waals surface area contributed by atoms with Crippen molar-refractivity contribution < 1.29 is 4.74 Å². The number of aromatic nitrogens is 2. The Morgan fingerprint density at radius 1 is 1.00 bits per heavy atom. The topological polar surface area (TPSA) is 53.5 Å². The van der Waals surface area contributed by atoms with E-state index in [4.69, 9.17) is 21.3 Å². The summed E-state index contributed by atoms with van der Waals surface area (Å²) in [6.07, 6.45) is 0.675. The highest BCUT2D eigenvalue weighted by atomic mass is 35.5. The maximum Gasteiger partial charge on any atom is 0.227 e. The van der Waals surface area contributed by atoms with Crippen LogP contribution in [0.4, 0.5) is 17.3 Å². The van der Waals surface area contributed by atoms with Crippen LogP contribution >= 0.6 is 11.6 Å². The number of piperazine rings is 1. The van der Waals surface area contributed by atoms with Gasteiger partial charge in [0.1, 0.15) is 5.75 Å². The molecule has 1 aliphatic rings. The Kier molecular flexibility index (Phi) is 6.59. The van der Waals surface area contributed by atoms with E-state index in [2.05, 4.69) is 51.4 Å². The summed E-state index contributed by atoms with van der Waals surface area (Å²) in [5.41, 5.74) is 5.17. The molecule has 162 valence electrons. The molecule has 1 aromatic heterocycles. The molecule has 7 heteroatoms. The van der Waals surface area contributed by atoms with Crippen LogP contribution in [-0.2, 0) is 6.42 Å². The molecule has 0 bridgehead atoms. The zero-order valence-corrected chi connectivity index (χ0v) is 19.0. The maximum absolute atomic E-state index is 6.14. The summed E-state index contributed by atoms with van der Waals surface area (Å²) in [6.45, 7) is 6.29. The van der Waals surface area contributed by atoms with Gasteiger partial charge in [-0.2, -0.15) is 0 Å². The number of nitrogens with one attached hydrogen (secondary N) is 1. The van der Waals surface area contributed by atoms with E-state index in [0.29, 0.717) is 23.1 Å². The summed E-state index contributed by atoms with van der Waals surface area (Å²) < 4.78 is 5.33. The van der Waals surface area contributed by atoms with Crippen LogP contribution in [0.2, 0.25) is 5.02 Å². The van der Waals surface area contributed by atoms with E-state index in [-0.39, 0.29) is 0 Å². The highest BCUT2D eigenvalue weighted by Crippen LogP contribution is 2.26. The molecule has 0 radical (unpaired) electrons. The van der Waals surface area contributed by atoms with Crippen LogP contribution in [0, 0.1) is 6.92 Å². The summed E-state index contributed by atoms with van der Waals surface area (Å²) in [5.74, 6) is 1.27. The molecule has 0 saturated carbocycles. The lowest BCUT2D eigenvalue weighted by atomic mass is 10.1. The minimum atomic E-state index is 0.600. The van der Waals surface area contributed by atoms with Gasteiger partial charge >= 0.3 is 0 Å². The zero-order chi connectivity index (χ0) is 21.8. The van der Waals surface area contributed by atoms with Crippen molar-refractivity contribution in [3.63, 3.8) is 0 Å². The molecular formula is C24H28ClN5O. The number of nitrogens with zero attached hydrogens (tertiary/aromatic N) is 4. The smallest absolute Gasteiger partial charge is 0.227 e. The number of halogens is 1. The fraction of sp³-hybridized carbons (Fsp3) is 0.333. The first-order valence-electron chi connectivity index (χ1n) is 10.5. The predicted molar refractivity (Wildman–Crippen MR) is 127 cm³/mol. The summed E-state index contributed by atoms with van der Waals surface area (Å²) in [5, 5.41) is 3.95. The number of likely N-dealkylation sites (N-methyl/N-ethyl adjacent to an activating group) is 1. The molecule has 1 N–H and O–H groups in total. The number of aryl methyl sites for hydroxylation is 1. The van der Waals surface area contributed by atoms with Gasteiger partial charge in [0.05, 0.1) is 17.8 Å². The number of hydrogen-bond acceptors (Lipinski definition) is 6. The Bertz CT molecular complexity index is 1030. The van der Waals surface area contributed by atoms with Crippen molar-refractivity contribution in [1.82, 2.24) is 14.9 Å². The third-order valence-electron chi connectivity index (χ3n) is 5.50. The van der Waals surface area contributed by atoms with Gasteiger partial charge in [0, 0.05) is 49.7 Å². The fourth-order valence-corrected chi connectivity index (χ4v) is 3.95. The number of ether oxygens (including phenoxy) is 1. The van der Waals surface area contributed by atoms with Gasteiger partial charge in [0.25, 0.3) is 0 Å². The van der Waals surface area contributed by atoms with Crippen molar-refractivity contribution in [3.05, 3.63) is 70.5 Å². The minimum Gasteiger partial charge on any atom is -0.495 e. The number of methoxy groups -OCH3 is 1. The van der Waals surface area contributed by atoms with Gasteiger partial charge in [0.15, 0.2) is 0 Å². The third-order valence-corrected chi connectivity index (χ3v) is 5.81. The maximum atomic E-state index is 6.14. The molecule has 0 aliphatic carbocycles. The van der Waals surface area contributed by atoms with Gasteiger partial charge in [0.2, 0.25) is 5.95 Å². The summed E-state index contributed by atoms with van der Waals surface area (Å²) >= 11 is 6.14. The molecule has 0 unspecified atom stereocenters. The summed E-state index contributed by atoms with van der Waals surface area (Å²) in [7, 11) is 3.79. The fourth-order valence-electron chi connectivity index (χ4n) is 3.75. The first kappa shape index (κ1) is 21.4. The van der Waals surface area contributed by atoms with Gasteiger partial charge in [-0.05, 0) is 62.0 Å². The first-order valence-corrected chi connectivity index (χ1v) is 10.9. The van der Waals surface area contributed by atoms with Crippen LogP contribution in [0.3, 0.4) is 0 Å². The lowest BCUT2D eigenvalue weighted by molar-refractivity contribution is 0.313. The molecule has 31 heavy (non-hydrogen) atoms. The normalized spacial score (nSPS) is 14.5. The van der Waals surface area contributed by atoms with Crippen molar-refractivity contribution in [2.75, 3.05) is 50.6 Å². The molecular weight excluding hydrogens is 410 g/mol. The van der Waals surface area contributed by atoms with E-state index < -0.39 is 0 Å². The van der Waals surface area contributed by atoms with Crippen LogP contribution in [0.5, 0.6) is 5.75 Å². The Morgan fingerprint density at radius 3 is 2.45 bits per heavy atom. The largest absolute Gasteiger partial charge is 0.495 e. The Labute approximate surface area is 188 Å². The summed E-state index contributed by atoms with van der Waals surface area (Å²) in [4.78, 5) is 14.0. The van der Waals surface area contributed by atoms with Crippen molar-refractivity contribution in [3.8, 4) is 5.75 Å². The molecule has 1 aliphatic heterocycles. The van der Waals surface area contributed by atoms with E-state index in [9.17, 15) is 0 Å². The molecule has 3 aromatic rings. The standard InChI is InChI=1S/C24H28ClN5O/c1-17-14-20(15-18-4-9-22(25)23(16-18)31-3)28-24(26-17)27-19-5-7-21(8-6-19)30-12-10-29(2)11-13-30/h4-9,14,16H,10-13,15H2,1-3H3,(H,26,27,28). The van der Waals surface area contributed by atoms with Gasteiger partial charge < -0.3 is 19.9 Å². The monoisotopic (exact) mass is 437 g/mol. The number of hydrogen-bond donors (Lipinski definition) is 1. The SMILES string of the molecule is COc1cc(Cc2cc(C)nc(Nc3ccc(N4CCN(C)CC4)cc3)n2)ccc1Cl. The second-order valence-corrected chi connectivity index (χ2v) is 8.34. The van der Waals surface area contributed by atoms with E-state index in [1.807, 2.05) is 31.2 Å². The average molecular weight is 438 g/mol. The molecule has 2 aromatic carbocycles. The van der Waals surface area contributed by atoms with Gasteiger partial charge in [-0.25, -0.2) is 9.97 Å². The van der Waals surface area contributed by atoms with Crippen LogP contribution in [-0.4, -0.2) is 55.2 Å². The van der Waals surface area contributed by atoms with E-state index in [1.165, 1.54) is 5.69 Å². The van der Waals surface area contributed by atoms with Gasteiger partial charge in [-0.1, -0.05) is 17.7 Å². The van der Waals surface area contributed by atoms with E-state index >= 15 is 0 Å². The first-order chi connectivity index (χ1) is 15.0. The van der Waals surface area contributed by atoms with Gasteiger partial charge in [-0.15, -0.1) is 0 Å². The van der Waals surface area contributed by atoms with Crippen LogP contribution in [0.1, 0.15) is 17.0 Å². The lowest BCUT2D eigenvalue weighted by Crippen LogP contribution is -2.44. The quantitative estimate of drug-likeness (QED) is 0.611. The third kappa shape index (κ3) is 5.46. The van der Waals surface area contributed by atoms with Crippen molar-refractivity contribution in [1.29, 1.82) is 0 Å². The van der Waals surface area contributed by atoms with Crippen LogP contribution < -0.4 is 15.0 Å². The number of rotatable bonds is 6. The van der Waals surface area contributed by atoms with Crippen LogP contribution in [0.15, 0.2) is 48.5 Å².